The van der Waals surface area contributed by atoms with Crippen LogP contribution in [0, 0.1) is 0 Å². The fourth-order valence-corrected chi connectivity index (χ4v) is 6.02. The molecule has 2 N–H and O–H groups in total. The molecule has 1 aliphatic rings. The minimum Gasteiger partial charge on any atom is -0.357 e. The summed E-state index contributed by atoms with van der Waals surface area (Å²) in [7, 11) is 8.32. The Hall–Kier alpha value is -3.87. The summed E-state index contributed by atoms with van der Waals surface area (Å²) in [5.74, 6) is -0.0396. The van der Waals surface area contributed by atoms with Crippen LogP contribution in [0.1, 0.15) is 34.0 Å². The molecule has 0 aliphatic carbocycles. The van der Waals surface area contributed by atoms with Gasteiger partial charge in [0.05, 0.1) is 12.5 Å². The van der Waals surface area contributed by atoms with Gasteiger partial charge in [-0.3, -0.25) is 4.79 Å². The second-order valence-electron chi connectivity index (χ2n) is 11.0. The molecule has 0 bridgehead atoms. The zero-order chi connectivity index (χ0) is 26.4. The molecule has 0 saturated heterocycles. The average Bonchev–Trinajstić information content (AvgIpc) is 3.50. The Bertz CT molecular complexity index is 1510. The van der Waals surface area contributed by atoms with E-state index in [1.165, 1.54) is 27.6 Å². The van der Waals surface area contributed by atoms with Crippen molar-refractivity contribution in [3.8, 4) is 0 Å². The predicted molar refractivity (Wildman–Crippen MR) is 155 cm³/mol. The number of benzene rings is 3. The number of H-pyrrole nitrogens is 2. The van der Waals surface area contributed by atoms with Crippen LogP contribution < -0.4 is 4.90 Å². The van der Waals surface area contributed by atoms with Crippen LogP contribution in [-0.4, -0.2) is 53.9 Å². The Morgan fingerprint density at radius 2 is 1.24 bits per heavy atom. The number of aromatic nitrogens is 2. The molecule has 1 unspecified atom stereocenters. The van der Waals surface area contributed by atoms with Gasteiger partial charge in [-0.25, -0.2) is 0 Å². The van der Waals surface area contributed by atoms with Crippen LogP contribution in [0.3, 0.4) is 0 Å². The van der Waals surface area contributed by atoms with Crippen molar-refractivity contribution in [1.29, 1.82) is 0 Å². The largest absolute Gasteiger partial charge is 0.357 e. The SMILES string of the molecule is CN(C)Cc1[nH]c2ccccc2c1CC1C(=O)N(Cc2c(CN(C)C)[nH]c3ccccc23)c2ccccc21. The van der Waals surface area contributed by atoms with Gasteiger partial charge in [0.25, 0.3) is 0 Å². The van der Waals surface area contributed by atoms with Gasteiger partial charge >= 0.3 is 0 Å². The molecule has 1 amide bonds. The highest BCUT2D eigenvalue weighted by atomic mass is 16.2. The molecular formula is C32H35N5O. The molecule has 3 aromatic carbocycles. The smallest absolute Gasteiger partial charge is 0.235 e. The second kappa shape index (κ2) is 9.78. The molecule has 6 rings (SSSR count). The van der Waals surface area contributed by atoms with Crippen LogP contribution in [0.4, 0.5) is 5.69 Å². The van der Waals surface area contributed by atoms with E-state index in [1.807, 2.05) is 11.0 Å². The van der Waals surface area contributed by atoms with Crippen LogP contribution in [0.2, 0.25) is 0 Å². The molecule has 1 atom stereocenters. The molecule has 194 valence electrons. The van der Waals surface area contributed by atoms with Gasteiger partial charge < -0.3 is 24.7 Å². The first-order valence-electron chi connectivity index (χ1n) is 13.3. The van der Waals surface area contributed by atoms with Gasteiger partial charge in [0.2, 0.25) is 5.91 Å². The van der Waals surface area contributed by atoms with Crippen LogP contribution in [0.5, 0.6) is 0 Å². The third-order valence-electron chi connectivity index (χ3n) is 7.64. The minimum absolute atomic E-state index is 0.174. The second-order valence-corrected chi connectivity index (χ2v) is 11.0. The van der Waals surface area contributed by atoms with Gasteiger partial charge in [-0.1, -0.05) is 54.6 Å². The first kappa shape index (κ1) is 24.5. The van der Waals surface area contributed by atoms with Gasteiger partial charge in [-0.2, -0.15) is 0 Å². The number of nitrogens with one attached hydrogen (secondary N) is 2. The maximum atomic E-state index is 14.2. The lowest BCUT2D eigenvalue weighted by atomic mass is 9.91. The van der Waals surface area contributed by atoms with E-state index in [-0.39, 0.29) is 11.8 Å². The van der Waals surface area contributed by atoms with Crippen LogP contribution in [-0.2, 0) is 30.8 Å². The van der Waals surface area contributed by atoms with E-state index in [0.29, 0.717) is 13.0 Å². The molecule has 0 saturated carbocycles. The molecular weight excluding hydrogens is 470 g/mol. The Morgan fingerprint density at radius 1 is 0.711 bits per heavy atom. The fraction of sp³-hybridized carbons (Fsp3) is 0.281. The van der Waals surface area contributed by atoms with Crippen LogP contribution in [0.25, 0.3) is 21.8 Å². The zero-order valence-corrected chi connectivity index (χ0v) is 22.6. The lowest BCUT2D eigenvalue weighted by Gasteiger charge is -2.20. The van der Waals surface area contributed by atoms with Crippen molar-refractivity contribution >= 4 is 33.4 Å². The highest BCUT2D eigenvalue weighted by Gasteiger charge is 2.38. The standard InChI is InChI=1S/C32H35N5O/c1-35(2)19-29-24(21-11-5-8-14-27(21)33-29)17-25-23-13-7-10-16-31(23)37(32(25)38)18-26-22-12-6-9-15-28(22)34-30(26)20-36(3)4/h5-16,25,33-34H,17-20H2,1-4H3. The summed E-state index contributed by atoms with van der Waals surface area (Å²) < 4.78 is 0. The molecule has 6 nitrogen and oxygen atoms in total. The summed E-state index contributed by atoms with van der Waals surface area (Å²) in [5, 5.41) is 2.39. The number of nitrogens with zero attached hydrogens (tertiary/aromatic N) is 3. The number of carbonyl (C=O) groups excluding carboxylic acids is 1. The molecule has 2 aromatic heterocycles. The summed E-state index contributed by atoms with van der Waals surface area (Å²) in [6, 6.07) is 25.2. The highest BCUT2D eigenvalue weighted by molar-refractivity contribution is 6.06. The minimum atomic E-state index is -0.214. The fourth-order valence-electron chi connectivity index (χ4n) is 6.02. The maximum Gasteiger partial charge on any atom is 0.235 e. The van der Waals surface area contributed by atoms with E-state index in [9.17, 15) is 4.79 Å². The normalized spacial score (nSPS) is 15.5. The van der Waals surface area contributed by atoms with Crippen molar-refractivity contribution < 1.29 is 4.79 Å². The molecule has 5 aromatic rings. The molecule has 6 heteroatoms. The van der Waals surface area contributed by atoms with Crippen LogP contribution >= 0.6 is 0 Å². The lowest BCUT2D eigenvalue weighted by Crippen LogP contribution is -2.29. The molecule has 0 spiro atoms. The first-order chi connectivity index (χ1) is 18.4. The summed E-state index contributed by atoms with van der Waals surface area (Å²) in [5.41, 5.74) is 9.16. The Kier molecular flexibility index (Phi) is 6.30. The van der Waals surface area contributed by atoms with E-state index in [0.717, 1.165) is 41.1 Å². The molecule has 1 aliphatic heterocycles. The van der Waals surface area contributed by atoms with Crippen molar-refractivity contribution in [3.63, 3.8) is 0 Å². The maximum absolute atomic E-state index is 14.2. The number of carbonyl (C=O) groups is 1. The summed E-state index contributed by atoms with van der Waals surface area (Å²) in [6.07, 6.45) is 0.679. The molecule has 0 radical (unpaired) electrons. The van der Waals surface area contributed by atoms with Gasteiger partial charge in [0.15, 0.2) is 0 Å². The highest BCUT2D eigenvalue weighted by Crippen LogP contribution is 2.42. The van der Waals surface area contributed by atoms with E-state index >= 15 is 0 Å². The Labute approximate surface area is 223 Å². The van der Waals surface area contributed by atoms with Crippen molar-refractivity contribution in [2.45, 2.75) is 32.0 Å². The lowest BCUT2D eigenvalue weighted by molar-refractivity contribution is -0.119. The molecule has 38 heavy (non-hydrogen) atoms. The van der Waals surface area contributed by atoms with Crippen molar-refractivity contribution in [2.75, 3.05) is 33.1 Å². The summed E-state index contributed by atoms with van der Waals surface area (Å²) in [4.78, 5) is 27.8. The monoisotopic (exact) mass is 505 g/mol. The number of amides is 1. The number of rotatable bonds is 8. The van der Waals surface area contributed by atoms with Crippen molar-refractivity contribution in [2.24, 2.45) is 0 Å². The van der Waals surface area contributed by atoms with Crippen LogP contribution in [0.15, 0.2) is 72.8 Å². The Morgan fingerprint density at radius 3 is 1.87 bits per heavy atom. The third kappa shape index (κ3) is 4.30. The quantitative estimate of drug-likeness (QED) is 0.287. The number of aromatic amines is 2. The van der Waals surface area contributed by atoms with Crippen molar-refractivity contribution in [3.05, 3.63) is 101 Å². The van der Waals surface area contributed by atoms with E-state index < -0.39 is 0 Å². The summed E-state index contributed by atoms with van der Waals surface area (Å²) in [6.45, 7) is 2.15. The van der Waals surface area contributed by atoms with E-state index in [2.05, 4.69) is 115 Å². The van der Waals surface area contributed by atoms with E-state index in [4.69, 9.17) is 0 Å². The van der Waals surface area contributed by atoms with Gasteiger partial charge in [0, 0.05) is 57.5 Å². The van der Waals surface area contributed by atoms with E-state index in [1.54, 1.807) is 0 Å². The number of hydrogen-bond donors (Lipinski definition) is 2. The number of para-hydroxylation sites is 3. The molecule has 3 heterocycles. The predicted octanol–water partition coefficient (Wildman–Crippen LogP) is 5.65. The number of anilines is 1. The van der Waals surface area contributed by atoms with Gasteiger partial charge in [0.1, 0.15) is 0 Å². The number of hydrogen-bond acceptors (Lipinski definition) is 3. The third-order valence-corrected chi connectivity index (χ3v) is 7.64. The number of fused-ring (bicyclic) bond motifs is 3. The topological polar surface area (TPSA) is 58.4 Å². The first-order valence-corrected chi connectivity index (χ1v) is 13.3. The van der Waals surface area contributed by atoms with Gasteiger partial charge in [-0.05, 0) is 63.9 Å². The van der Waals surface area contributed by atoms with Crippen molar-refractivity contribution in [1.82, 2.24) is 19.8 Å². The van der Waals surface area contributed by atoms with Gasteiger partial charge in [-0.15, -0.1) is 0 Å². The zero-order valence-electron chi connectivity index (χ0n) is 22.6. The Balaban J connectivity index is 1.40. The molecule has 0 fully saturated rings. The summed E-state index contributed by atoms with van der Waals surface area (Å²) >= 11 is 0. The average molecular weight is 506 g/mol.